The molecule has 0 atom stereocenters. The number of aromatic nitrogens is 2. The summed E-state index contributed by atoms with van der Waals surface area (Å²) in [6.45, 7) is 12.5. The Morgan fingerprint density at radius 2 is 1.51 bits per heavy atom. The van der Waals surface area contributed by atoms with E-state index in [-0.39, 0.29) is 34.8 Å². The first-order chi connectivity index (χ1) is 17.1. The molecule has 198 valence electrons. The maximum Gasteiger partial charge on any atom is 0.271 e. The average molecular weight is 570 g/mol. The number of carbonyl (C=O) groups excluding carboxylic acids is 2. The summed E-state index contributed by atoms with van der Waals surface area (Å²) in [7, 11) is 3.39. The van der Waals surface area contributed by atoms with Gasteiger partial charge in [-0.25, -0.2) is 0 Å². The lowest BCUT2D eigenvalue weighted by Gasteiger charge is -2.28. The van der Waals surface area contributed by atoms with Crippen molar-refractivity contribution in [3.63, 3.8) is 0 Å². The summed E-state index contributed by atoms with van der Waals surface area (Å²) in [6, 6.07) is 13.4. The molecule has 1 aromatic heterocycles. The van der Waals surface area contributed by atoms with Gasteiger partial charge >= 0.3 is 0 Å². The molecule has 1 N–H and O–H groups in total. The third-order valence-electron chi connectivity index (χ3n) is 6.31. The van der Waals surface area contributed by atoms with Crippen molar-refractivity contribution in [3.8, 4) is 5.75 Å². The number of hydrogen-bond donors (Lipinski definition) is 1. The molecule has 7 nitrogen and oxygen atoms in total. The molecule has 0 aliphatic carbocycles. The summed E-state index contributed by atoms with van der Waals surface area (Å²) < 4.78 is 7.77. The Morgan fingerprint density at radius 1 is 0.973 bits per heavy atom. The van der Waals surface area contributed by atoms with Gasteiger partial charge in [-0.05, 0) is 28.5 Å². The first-order valence-electron chi connectivity index (χ1n) is 12.3. The molecule has 0 aliphatic rings. The summed E-state index contributed by atoms with van der Waals surface area (Å²) in [4.78, 5) is 28.2. The fourth-order valence-corrected chi connectivity index (χ4v) is 4.65. The van der Waals surface area contributed by atoms with E-state index in [0.29, 0.717) is 23.4 Å². The second-order valence-corrected chi connectivity index (χ2v) is 12.0. The fourth-order valence-electron chi connectivity index (χ4n) is 4.25. The lowest BCUT2D eigenvalue weighted by Crippen LogP contribution is -2.31. The fraction of sp³-hybridized carbons (Fsp3) is 0.414. The Bertz CT molecular complexity index is 1340. The Kier molecular flexibility index (Phi) is 8.22. The number of carbonyl (C=O) groups is 2. The molecule has 8 heteroatoms. The van der Waals surface area contributed by atoms with E-state index in [1.54, 1.807) is 41.6 Å². The van der Waals surface area contributed by atoms with Gasteiger partial charge in [0, 0.05) is 37.0 Å². The Hall–Kier alpha value is -3.13. The quantitative estimate of drug-likeness (QED) is 0.402. The van der Waals surface area contributed by atoms with Gasteiger partial charge in [0.1, 0.15) is 11.4 Å². The summed E-state index contributed by atoms with van der Waals surface area (Å²) in [5.41, 5.74) is 3.14. The zero-order valence-corrected chi connectivity index (χ0v) is 24.5. The van der Waals surface area contributed by atoms with Crippen molar-refractivity contribution in [2.75, 3.05) is 14.1 Å². The van der Waals surface area contributed by atoms with Crippen LogP contribution in [-0.2, 0) is 23.9 Å². The van der Waals surface area contributed by atoms with E-state index in [1.807, 2.05) is 71.9 Å². The molecule has 0 radical (unpaired) electrons. The van der Waals surface area contributed by atoms with Gasteiger partial charge in [0.15, 0.2) is 5.78 Å². The van der Waals surface area contributed by atoms with Gasteiger partial charge in [-0.2, -0.15) is 4.02 Å². The number of aromatic hydroxyl groups is 1. The highest BCUT2D eigenvalue weighted by molar-refractivity contribution is 9.08. The van der Waals surface area contributed by atoms with Crippen molar-refractivity contribution in [2.24, 2.45) is 4.02 Å². The van der Waals surface area contributed by atoms with Gasteiger partial charge in [-0.3, -0.25) is 9.59 Å². The lowest BCUT2D eigenvalue weighted by atomic mass is 9.78. The minimum atomic E-state index is -0.353. The Balaban J connectivity index is 2.13. The smallest absolute Gasteiger partial charge is 0.271 e. The monoisotopic (exact) mass is 568 g/mol. The van der Waals surface area contributed by atoms with Crippen LogP contribution in [0.4, 0.5) is 0 Å². The van der Waals surface area contributed by atoms with Gasteiger partial charge in [0.05, 0.1) is 29.2 Å². The molecule has 0 saturated heterocycles. The standard InChI is InChI=1S/C29H37BrN4O3/c1-28(2,3)21-14-20(15-22(25(21)36)29(4,5)6)24(35)18-33-17-23(26(37)32(7)8)34(27(33)31-30)16-19-12-10-9-11-13-19/h9-15,17,36H,16,18H2,1-8H3. The van der Waals surface area contributed by atoms with Crippen LogP contribution in [0.2, 0.25) is 0 Å². The summed E-state index contributed by atoms with van der Waals surface area (Å²) in [5, 5.41) is 11.0. The van der Waals surface area contributed by atoms with Crippen LogP contribution >= 0.6 is 16.1 Å². The predicted octanol–water partition coefficient (Wildman–Crippen LogP) is 5.43. The molecule has 0 spiro atoms. The number of amides is 1. The molecule has 0 aliphatic heterocycles. The minimum Gasteiger partial charge on any atom is -0.507 e. The minimum absolute atomic E-state index is 0.0160. The van der Waals surface area contributed by atoms with E-state index in [2.05, 4.69) is 20.2 Å². The molecule has 37 heavy (non-hydrogen) atoms. The maximum absolute atomic E-state index is 13.7. The largest absolute Gasteiger partial charge is 0.507 e. The van der Waals surface area contributed by atoms with Crippen molar-refractivity contribution in [1.29, 1.82) is 0 Å². The number of rotatable bonds is 6. The second-order valence-electron chi connectivity index (χ2n) is 11.6. The van der Waals surface area contributed by atoms with Crippen LogP contribution in [0.1, 0.15) is 79.1 Å². The molecule has 1 amide bonds. The van der Waals surface area contributed by atoms with Gasteiger partial charge in [0.25, 0.3) is 5.91 Å². The topological polar surface area (TPSA) is 79.8 Å². The van der Waals surface area contributed by atoms with E-state index in [9.17, 15) is 14.7 Å². The lowest BCUT2D eigenvalue weighted by molar-refractivity contribution is 0.0816. The highest BCUT2D eigenvalue weighted by Gasteiger charge is 2.28. The van der Waals surface area contributed by atoms with Crippen LogP contribution < -0.4 is 5.62 Å². The van der Waals surface area contributed by atoms with E-state index >= 15 is 0 Å². The van der Waals surface area contributed by atoms with Crippen LogP contribution in [0, 0.1) is 0 Å². The zero-order chi connectivity index (χ0) is 27.7. The number of halogens is 1. The van der Waals surface area contributed by atoms with Crippen molar-refractivity contribution in [2.45, 2.75) is 65.5 Å². The van der Waals surface area contributed by atoms with E-state index in [4.69, 9.17) is 0 Å². The molecule has 3 aromatic rings. The third-order valence-corrected chi connectivity index (χ3v) is 6.63. The average Bonchev–Trinajstić information content (AvgIpc) is 3.14. The van der Waals surface area contributed by atoms with Crippen molar-refractivity contribution < 1.29 is 14.7 Å². The van der Waals surface area contributed by atoms with Crippen LogP contribution in [0.3, 0.4) is 0 Å². The van der Waals surface area contributed by atoms with Gasteiger partial charge in [-0.1, -0.05) is 71.9 Å². The van der Waals surface area contributed by atoms with E-state index in [1.165, 1.54) is 4.90 Å². The van der Waals surface area contributed by atoms with Crippen molar-refractivity contribution >= 4 is 27.8 Å². The van der Waals surface area contributed by atoms with Crippen molar-refractivity contribution in [3.05, 3.63) is 82.2 Å². The molecule has 1 heterocycles. The number of phenols is 1. The maximum atomic E-state index is 13.7. The van der Waals surface area contributed by atoms with Gasteiger partial charge in [-0.15, -0.1) is 0 Å². The molecule has 0 saturated carbocycles. The number of Topliss-reactive ketones (excluding diaryl/α,β-unsaturated/α-hetero) is 1. The number of benzene rings is 2. The van der Waals surface area contributed by atoms with E-state index < -0.39 is 0 Å². The number of nitrogens with zero attached hydrogens (tertiary/aromatic N) is 4. The first-order valence-corrected chi connectivity index (χ1v) is 13.0. The van der Waals surface area contributed by atoms with Crippen LogP contribution in [0.5, 0.6) is 5.75 Å². The molecule has 0 bridgehead atoms. The molecule has 0 fully saturated rings. The Morgan fingerprint density at radius 3 is 1.97 bits per heavy atom. The van der Waals surface area contributed by atoms with Gasteiger partial charge < -0.3 is 19.1 Å². The molecule has 2 aromatic carbocycles. The second kappa shape index (κ2) is 10.7. The number of hydrogen-bond acceptors (Lipinski definition) is 4. The highest BCUT2D eigenvalue weighted by Crippen LogP contribution is 2.39. The summed E-state index contributed by atoms with van der Waals surface area (Å²) in [5.74, 6) is -0.0958. The van der Waals surface area contributed by atoms with Crippen LogP contribution in [-0.4, -0.2) is 44.9 Å². The van der Waals surface area contributed by atoms with Crippen LogP contribution in [0.15, 0.2) is 52.7 Å². The van der Waals surface area contributed by atoms with Gasteiger partial charge in [0.2, 0.25) is 5.62 Å². The number of imidazole rings is 1. The number of ketones is 1. The Labute approximate surface area is 227 Å². The molecule has 3 rings (SSSR count). The first kappa shape index (κ1) is 28.4. The zero-order valence-electron chi connectivity index (χ0n) is 23.0. The third kappa shape index (κ3) is 6.24. The number of phenolic OH excluding ortho intramolecular Hbond substituents is 1. The van der Waals surface area contributed by atoms with E-state index in [0.717, 1.165) is 16.7 Å². The summed E-state index contributed by atoms with van der Waals surface area (Å²) in [6.07, 6.45) is 1.68. The van der Waals surface area contributed by atoms with Crippen LogP contribution in [0.25, 0.3) is 0 Å². The van der Waals surface area contributed by atoms with Crippen molar-refractivity contribution in [1.82, 2.24) is 14.0 Å². The molecular formula is C29H37BrN4O3. The molecular weight excluding hydrogens is 532 g/mol. The molecule has 0 unspecified atom stereocenters. The highest BCUT2D eigenvalue weighted by atomic mass is 79.9. The SMILES string of the molecule is CN(C)C(=O)c1cn(CC(=O)c2cc(C(C)(C)C)c(O)c(C(C)(C)C)c2)c(=NBr)n1Cc1ccccc1. The summed E-state index contributed by atoms with van der Waals surface area (Å²) >= 11 is 3.22. The predicted molar refractivity (Wildman–Crippen MR) is 150 cm³/mol. The normalized spacial score (nSPS) is 12.6.